The van der Waals surface area contributed by atoms with Gasteiger partial charge in [0.15, 0.2) is 0 Å². The number of nitrogens with zero attached hydrogens (tertiary/aromatic N) is 1. The molecule has 0 amide bonds. The van der Waals surface area contributed by atoms with Crippen LogP contribution < -0.4 is 0 Å². The summed E-state index contributed by atoms with van der Waals surface area (Å²) in [7, 11) is 4.23. The predicted molar refractivity (Wildman–Crippen MR) is 211 cm³/mol. The van der Waals surface area contributed by atoms with Gasteiger partial charge in [0.1, 0.15) is 6.10 Å². The van der Waals surface area contributed by atoms with Crippen LogP contribution in [0.25, 0.3) is 0 Å². The van der Waals surface area contributed by atoms with E-state index < -0.39 is 0 Å². The van der Waals surface area contributed by atoms with Gasteiger partial charge in [0.2, 0.25) is 0 Å². The Hall–Kier alpha value is -2.67. The summed E-state index contributed by atoms with van der Waals surface area (Å²) < 4.78 is 16.7. The van der Waals surface area contributed by atoms with Crippen molar-refractivity contribution in [2.75, 3.05) is 33.9 Å². The third-order valence-corrected chi connectivity index (χ3v) is 9.34. The summed E-state index contributed by atoms with van der Waals surface area (Å²) in [5.41, 5.74) is 0. The first-order valence-corrected chi connectivity index (χ1v) is 20.6. The second-order valence-corrected chi connectivity index (χ2v) is 14.7. The maximum atomic E-state index is 12.9. The lowest BCUT2D eigenvalue weighted by molar-refractivity contribution is -0.152. The number of hydrogen-bond acceptors (Lipinski definition) is 7. The van der Waals surface area contributed by atoms with Crippen molar-refractivity contribution in [3.63, 3.8) is 0 Å². The van der Waals surface area contributed by atoms with Crippen LogP contribution in [0.15, 0.2) is 48.6 Å². The van der Waals surface area contributed by atoms with Gasteiger partial charge in [0.05, 0.1) is 13.2 Å². The second kappa shape index (κ2) is 33.2. The Bertz CT molecular complexity index is 936. The largest absolute Gasteiger partial charge is 0.463 e. The molecule has 0 aliphatic heterocycles. The zero-order valence-corrected chi connectivity index (χ0v) is 33.1. The van der Waals surface area contributed by atoms with Gasteiger partial charge in [-0.1, -0.05) is 115 Å². The molecule has 0 N–H and O–H groups in total. The molecule has 1 rings (SSSR count). The Balaban J connectivity index is 2.23. The fourth-order valence-electron chi connectivity index (χ4n) is 6.49. The highest BCUT2D eigenvalue weighted by Crippen LogP contribution is 2.36. The SMILES string of the molecule is CCC/C=C\C/C=C\C(=O)OCCCCCCCCC(CCCCCCCCOC(=O)/C=C\C/C=C\CCC)OC(=O)CC1CC(CN(C)C)C1. The van der Waals surface area contributed by atoms with Crippen molar-refractivity contribution in [3.8, 4) is 0 Å². The van der Waals surface area contributed by atoms with E-state index in [4.69, 9.17) is 14.2 Å². The summed E-state index contributed by atoms with van der Waals surface area (Å²) in [6.07, 6.45) is 38.8. The molecular weight excluding hydrogens is 638 g/mol. The summed E-state index contributed by atoms with van der Waals surface area (Å²) in [6, 6.07) is 0. The molecule has 0 radical (unpaired) electrons. The molecule has 0 spiro atoms. The molecule has 1 saturated carbocycles. The number of unbranched alkanes of at least 4 members (excludes halogenated alkanes) is 12. The molecule has 1 aliphatic rings. The lowest BCUT2D eigenvalue weighted by Gasteiger charge is -2.36. The highest BCUT2D eigenvalue weighted by Gasteiger charge is 2.31. The van der Waals surface area contributed by atoms with Crippen molar-refractivity contribution >= 4 is 17.9 Å². The van der Waals surface area contributed by atoms with Gasteiger partial charge in [-0.15, -0.1) is 0 Å². The maximum absolute atomic E-state index is 12.9. The topological polar surface area (TPSA) is 82.1 Å². The molecule has 0 heterocycles. The fraction of sp³-hybridized carbons (Fsp3) is 0.750. The highest BCUT2D eigenvalue weighted by atomic mass is 16.5. The lowest BCUT2D eigenvalue weighted by atomic mass is 9.73. The van der Waals surface area contributed by atoms with E-state index >= 15 is 0 Å². The van der Waals surface area contributed by atoms with Crippen LogP contribution in [0, 0.1) is 11.8 Å². The van der Waals surface area contributed by atoms with Crippen molar-refractivity contribution in [1.82, 2.24) is 4.90 Å². The first-order valence-electron chi connectivity index (χ1n) is 20.6. The predicted octanol–water partition coefficient (Wildman–Crippen LogP) is 11.0. The third-order valence-electron chi connectivity index (χ3n) is 9.34. The third kappa shape index (κ3) is 29.6. The molecule has 292 valence electrons. The summed E-state index contributed by atoms with van der Waals surface area (Å²) in [4.78, 5) is 38.8. The molecule has 0 saturated heterocycles. The number of carbonyl (C=O) groups excluding carboxylic acids is 3. The number of hydrogen-bond donors (Lipinski definition) is 0. The number of allylic oxidation sites excluding steroid dienone is 6. The Morgan fingerprint density at radius 2 is 1.06 bits per heavy atom. The monoisotopic (exact) mass is 714 g/mol. The zero-order chi connectivity index (χ0) is 37.2. The first kappa shape index (κ1) is 46.4. The van der Waals surface area contributed by atoms with Crippen molar-refractivity contribution in [2.45, 2.75) is 168 Å². The van der Waals surface area contributed by atoms with Gasteiger partial charge in [-0.25, -0.2) is 9.59 Å². The van der Waals surface area contributed by atoms with Gasteiger partial charge in [-0.05, 0) is 103 Å². The van der Waals surface area contributed by atoms with Gasteiger partial charge in [0, 0.05) is 25.1 Å². The van der Waals surface area contributed by atoms with E-state index in [2.05, 4.69) is 57.1 Å². The van der Waals surface area contributed by atoms with Crippen LogP contribution in [0.2, 0.25) is 0 Å². The van der Waals surface area contributed by atoms with Crippen LogP contribution in [0.3, 0.4) is 0 Å². The minimum absolute atomic E-state index is 0.0111. The Labute approximate surface area is 312 Å². The number of ether oxygens (including phenoxy) is 3. The molecule has 0 aromatic carbocycles. The average molecular weight is 714 g/mol. The minimum atomic E-state index is -0.252. The fourth-order valence-corrected chi connectivity index (χ4v) is 6.49. The number of carbonyl (C=O) groups is 3. The highest BCUT2D eigenvalue weighted by molar-refractivity contribution is 5.82. The van der Waals surface area contributed by atoms with E-state index in [1.54, 1.807) is 0 Å². The second-order valence-electron chi connectivity index (χ2n) is 14.7. The van der Waals surface area contributed by atoms with Crippen molar-refractivity contribution in [1.29, 1.82) is 0 Å². The smallest absolute Gasteiger partial charge is 0.330 e. The number of rotatable bonds is 33. The van der Waals surface area contributed by atoms with Gasteiger partial charge in [-0.3, -0.25) is 4.79 Å². The molecular formula is C44H75NO6. The van der Waals surface area contributed by atoms with Gasteiger partial charge in [0.25, 0.3) is 0 Å². The van der Waals surface area contributed by atoms with Crippen molar-refractivity contribution in [2.24, 2.45) is 11.8 Å². The molecule has 0 atom stereocenters. The molecule has 0 aromatic heterocycles. The van der Waals surface area contributed by atoms with Crippen LogP contribution in [-0.2, 0) is 28.6 Å². The van der Waals surface area contributed by atoms with Gasteiger partial charge >= 0.3 is 17.9 Å². The van der Waals surface area contributed by atoms with Crippen molar-refractivity contribution in [3.05, 3.63) is 48.6 Å². The quantitative estimate of drug-likeness (QED) is 0.0220. The zero-order valence-electron chi connectivity index (χ0n) is 33.1. The van der Waals surface area contributed by atoms with Crippen LogP contribution in [0.4, 0.5) is 0 Å². The number of esters is 3. The Morgan fingerprint density at radius 3 is 1.51 bits per heavy atom. The van der Waals surface area contributed by atoms with Gasteiger partial charge < -0.3 is 19.1 Å². The maximum Gasteiger partial charge on any atom is 0.330 e. The van der Waals surface area contributed by atoms with Crippen LogP contribution >= 0.6 is 0 Å². The first-order chi connectivity index (χ1) is 24.8. The van der Waals surface area contributed by atoms with E-state index in [1.165, 1.54) is 12.2 Å². The van der Waals surface area contributed by atoms with E-state index in [0.29, 0.717) is 31.5 Å². The van der Waals surface area contributed by atoms with E-state index in [9.17, 15) is 14.4 Å². The average Bonchev–Trinajstić information content (AvgIpc) is 3.08. The standard InChI is InChI=1S/C44H75NO6/c1-5-7-9-11-19-25-31-42(46)49-33-27-21-15-13-17-23-29-41(51-44(48)37-39-35-40(36-39)38-45(3)4)30-24-18-14-16-22-28-34-50-43(47)32-26-20-12-10-8-6-2/h9-12,25-26,31-32,39-41H,5-8,13-24,27-30,33-38H2,1-4H3/b11-9-,12-10-,31-25-,32-26-. The Morgan fingerprint density at radius 1 is 0.608 bits per heavy atom. The van der Waals surface area contributed by atoms with E-state index in [-0.39, 0.29) is 24.0 Å². The summed E-state index contributed by atoms with van der Waals surface area (Å²) in [6.45, 7) is 6.36. The van der Waals surface area contributed by atoms with Gasteiger partial charge in [-0.2, -0.15) is 0 Å². The molecule has 7 nitrogen and oxygen atoms in total. The van der Waals surface area contributed by atoms with Crippen LogP contribution in [0.5, 0.6) is 0 Å². The van der Waals surface area contributed by atoms with Crippen molar-refractivity contribution < 1.29 is 28.6 Å². The molecule has 0 bridgehead atoms. The molecule has 51 heavy (non-hydrogen) atoms. The van der Waals surface area contributed by atoms with Crippen LogP contribution in [-0.4, -0.2) is 62.8 Å². The molecule has 1 fully saturated rings. The molecule has 7 heteroatoms. The lowest BCUT2D eigenvalue weighted by Crippen LogP contribution is -2.34. The summed E-state index contributed by atoms with van der Waals surface area (Å²) in [5.74, 6) is 0.681. The van der Waals surface area contributed by atoms with E-state index in [1.807, 2.05) is 12.2 Å². The molecule has 1 aliphatic carbocycles. The summed E-state index contributed by atoms with van der Waals surface area (Å²) in [5, 5.41) is 0. The van der Waals surface area contributed by atoms with Crippen LogP contribution in [0.1, 0.15) is 162 Å². The molecule has 0 unspecified atom stereocenters. The molecule has 0 aromatic rings. The van der Waals surface area contributed by atoms with E-state index in [0.717, 1.165) is 148 Å². The summed E-state index contributed by atoms with van der Waals surface area (Å²) >= 11 is 0. The Kier molecular flexibility index (Phi) is 30.2. The minimum Gasteiger partial charge on any atom is -0.463 e. The normalized spacial score (nSPS) is 16.3.